The van der Waals surface area contributed by atoms with E-state index in [1.807, 2.05) is 0 Å². The summed E-state index contributed by atoms with van der Waals surface area (Å²) in [7, 11) is 5.35. The Labute approximate surface area is 81.8 Å². The Hall–Kier alpha value is -1.30. The average Bonchev–Trinajstić information content (AvgIpc) is 1.95. The summed E-state index contributed by atoms with van der Waals surface area (Å²) in [4.78, 5) is 12.8. The Morgan fingerprint density at radius 3 is 2.43 bits per heavy atom. The van der Waals surface area contributed by atoms with E-state index in [0.717, 1.165) is 0 Å². The molecule has 0 aliphatic carbocycles. The number of aliphatic carboxylic acids is 1. The molecule has 0 aromatic rings. The average molecular weight is 202 g/mol. The number of hydrogen-bond acceptors (Lipinski definition) is 4. The standard InChI is InChI=1S/C7H14N4O3/c1-11(2,3)4-5(12)6(7(13)14)9-10-8/h5-6,12H,4H2,1-3H3/t5-,6-/m1/s1. The molecule has 0 radical (unpaired) electrons. The molecule has 0 saturated heterocycles. The summed E-state index contributed by atoms with van der Waals surface area (Å²) in [6.07, 6.45) is -1.24. The highest BCUT2D eigenvalue weighted by molar-refractivity contribution is 5.72. The smallest absolute Gasteiger partial charge is 0.117 e. The van der Waals surface area contributed by atoms with Crippen molar-refractivity contribution in [2.45, 2.75) is 12.1 Å². The number of aliphatic hydroxyl groups is 1. The van der Waals surface area contributed by atoms with Crippen molar-refractivity contribution in [2.75, 3.05) is 27.7 Å². The number of carboxylic acids is 1. The second kappa shape index (κ2) is 4.80. The van der Waals surface area contributed by atoms with Crippen molar-refractivity contribution in [3.05, 3.63) is 10.4 Å². The van der Waals surface area contributed by atoms with Gasteiger partial charge in [0.1, 0.15) is 18.7 Å². The second-order valence-corrected chi connectivity index (χ2v) is 4.01. The van der Waals surface area contributed by atoms with Crippen LogP contribution in [-0.2, 0) is 4.79 Å². The van der Waals surface area contributed by atoms with Gasteiger partial charge in [0.25, 0.3) is 0 Å². The first-order valence-corrected chi connectivity index (χ1v) is 4.01. The zero-order chi connectivity index (χ0) is 11.4. The van der Waals surface area contributed by atoms with E-state index < -0.39 is 18.1 Å². The number of likely N-dealkylation sites (N-methyl/N-ethyl adjacent to an activating group) is 1. The predicted octanol–water partition coefficient (Wildman–Crippen LogP) is -1.52. The second-order valence-electron chi connectivity index (χ2n) is 4.01. The van der Waals surface area contributed by atoms with Crippen molar-refractivity contribution in [1.29, 1.82) is 0 Å². The summed E-state index contributed by atoms with van der Waals surface area (Å²) in [5.74, 6) is -1.57. The number of aliphatic hydroxyl groups excluding tert-OH is 1. The van der Waals surface area contributed by atoms with Gasteiger partial charge in [-0.1, -0.05) is 5.11 Å². The van der Waals surface area contributed by atoms with Gasteiger partial charge in [0, 0.05) is 4.91 Å². The molecule has 0 bridgehead atoms. The number of carbonyl (C=O) groups is 1. The molecule has 0 fully saturated rings. The van der Waals surface area contributed by atoms with Gasteiger partial charge in [-0.3, -0.25) is 0 Å². The molecule has 7 nitrogen and oxygen atoms in total. The first-order chi connectivity index (χ1) is 6.28. The van der Waals surface area contributed by atoms with E-state index in [2.05, 4.69) is 10.0 Å². The van der Waals surface area contributed by atoms with E-state index in [1.165, 1.54) is 0 Å². The van der Waals surface area contributed by atoms with E-state index >= 15 is 0 Å². The van der Waals surface area contributed by atoms with Crippen molar-refractivity contribution < 1.29 is 19.5 Å². The maximum absolute atomic E-state index is 10.5. The van der Waals surface area contributed by atoms with Crippen LogP contribution < -0.4 is 5.11 Å². The molecule has 2 atom stereocenters. The van der Waals surface area contributed by atoms with E-state index in [-0.39, 0.29) is 6.54 Å². The van der Waals surface area contributed by atoms with Crippen molar-refractivity contribution in [3.63, 3.8) is 0 Å². The van der Waals surface area contributed by atoms with Gasteiger partial charge in [0.05, 0.1) is 27.1 Å². The minimum absolute atomic E-state index is 0.164. The molecule has 7 heteroatoms. The van der Waals surface area contributed by atoms with Gasteiger partial charge in [0.15, 0.2) is 0 Å². The minimum Gasteiger partial charge on any atom is -0.550 e. The quantitative estimate of drug-likeness (QED) is 0.253. The summed E-state index contributed by atoms with van der Waals surface area (Å²) in [6, 6.07) is -1.53. The third-order valence-electron chi connectivity index (χ3n) is 1.52. The summed E-state index contributed by atoms with van der Waals surface area (Å²) >= 11 is 0. The molecule has 80 valence electrons. The van der Waals surface area contributed by atoms with Gasteiger partial charge in [0.2, 0.25) is 0 Å². The molecule has 14 heavy (non-hydrogen) atoms. The third kappa shape index (κ3) is 4.66. The zero-order valence-electron chi connectivity index (χ0n) is 8.41. The van der Waals surface area contributed by atoms with E-state index in [4.69, 9.17) is 5.53 Å². The van der Waals surface area contributed by atoms with E-state index in [9.17, 15) is 15.0 Å². The Morgan fingerprint density at radius 1 is 1.64 bits per heavy atom. The van der Waals surface area contributed by atoms with Gasteiger partial charge in [-0.2, -0.15) is 0 Å². The van der Waals surface area contributed by atoms with Gasteiger partial charge in [-0.15, -0.1) is 0 Å². The van der Waals surface area contributed by atoms with Crippen LogP contribution in [0, 0.1) is 0 Å². The highest BCUT2D eigenvalue weighted by atomic mass is 16.4. The molecule has 0 spiro atoms. The molecule has 0 heterocycles. The molecular formula is C7H14N4O3. The Bertz CT molecular complexity index is 252. The summed E-state index contributed by atoms with van der Waals surface area (Å²) in [5, 5.41) is 22.9. The molecular weight excluding hydrogens is 188 g/mol. The number of rotatable bonds is 5. The lowest BCUT2D eigenvalue weighted by Gasteiger charge is -2.29. The molecule has 0 unspecified atom stereocenters. The van der Waals surface area contributed by atoms with Gasteiger partial charge in [-0.25, -0.2) is 0 Å². The molecule has 0 saturated carbocycles. The van der Waals surface area contributed by atoms with Crippen molar-refractivity contribution in [2.24, 2.45) is 5.11 Å². The normalized spacial score (nSPS) is 15.4. The highest BCUT2D eigenvalue weighted by Crippen LogP contribution is 2.03. The van der Waals surface area contributed by atoms with Crippen LogP contribution in [0.5, 0.6) is 0 Å². The first kappa shape index (κ1) is 12.7. The predicted molar refractivity (Wildman–Crippen MR) is 46.8 cm³/mol. The summed E-state index contributed by atoms with van der Waals surface area (Å²) in [6.45, 7) is 0.164. The van der Waals surface area contributed by atoms with Crippen LogP contribution in [0.2, 0.25) is 0 Å². The molecule has 0 aliphatic heterocycles. The van der Waals surface area contributed by atoms with Crippen LogP contribution in [0.4, 0.5) is 0 Å². The van der Waals surface area contributed by atoms with Gasteiger partial charge in [-0.05, 0) is 5.53 Å². The van der Waals surface area contributed by atoms with Crippen LogP contribution >= 0.6 is 0 Å². The molecule has 0 rings (SSSR count). The summed E-state index contributed by atoms with van der Waals surface area (Å²) in [5.41, 5.74) is 8.08. The summed E-state index contributed by atoms with van der Waals surface area (Å²) < 4.78 is 0.367. The van der Waals surface area contributed by atoms with Crippen LogP contribution in [0.15, 0.2) is 5.11 Å². The SMILES string of the molecule is C[N+](C)(C)C[C@@H](O)[C@@H](N=[N+]=[N-])C(=O)[O-]. The number of nitrogens with zero attached hydrogens (tertiary/aromatic N) is 4. The number of quaternary nitrogens is 1. The molecule has 0 amide bonds. The van der Waals surface area contributed by atoms with Crippen LogP contribution in [0.25, 0.3) is 10.4 Å². The minimum atomic E-state index is -1.57. The highest BCUT2D eigenvalue weighted by Gasteiger charge is 2.24. The number of carbonyl (C=O) groups excluding carboxylic acids is 1. The molecule has 0 aromatic heterocycles. The van der Waals surface area contributed by atoms with Crippen LogP contribution in [0.1, 0.15) is 0 Å². The molecule has 1 N–H and O–H groups in total. The maximum Gasteiger partial charge on any atom is 0.117 e. The Balaban J connectivity index is 4.53. The van der Waals surface area contributed by atoms with E-state index in [0.29, 0.717) is 4.48 Å². The topological polar surface area (TPSA) is 109 Å². The maximum atomic E-state index is 10.5. The van der Waals surface area contributed by atoms with E-state index in [1.54, 1.807) is 21.1 Å². The lowest BCUT2D eigenvalue weighted by atomic mass is 10.1. The van der Waals surface area contributed by atoms with Gasteiger partial charge >= 0.3 is 0 Å². The number of azide groups is 1. The number of hydrogen-bond donors (Lipinski definition) is 1. The lowest BCUT2D eigenvalue weighted by molar-refractivity contribution is -0.873. The zero-order valence-corrected chi connectivity index (χ0v) is 8.41. The van der Waals surface area contributed by atoms with Crippen LogP contribution in [-0.4, -0.2) is 55.4 Å². The monoisotopic (exact) mass is 202 g/mol. The van der Waals surface area contributed by atoms with Crippen LogP contribution in [0.3, 0.4) is 0 Å². The fourth-order valence-corrected chi connectivity index (χ4v) is 0.998. The Morgan fingerprint density at radius 2 is 2.14 bits per heavy atom. The fourth-order valence-electron chi connectivity index (χ4n) is 0.998. The molecule has 0 aliphatic rings. The lowest BCUT2D eigenvalue weighted by Crippen LogP contribution is -2.50. The number of carboxylic acid groups (broad SMARTS) is 1. The van der Waals surface area contributed by atoms with Crippen molar-refractivity contribution >= 4 is 5.97 Å². The molecule has 0 aromatic carbocycles. The van der Waals surface area contributed by atoms with Crippen molar-refractivity contribution in [1.82, 2.24) is 0 Å². The third-order valence-corrected chi connectivity index (χ3v) is 1.52. The first-order valence-electron chi connectivity index (χ1n) is 4.01. The van der Waals surface area contributed by atoms with Crippen molar-refractivity contribution in [3.8, 4) is 0 Å². The Kier molecular flexibility index (Phi) is 4.36. The fraction of sp³-hybridized carbons (Fsp3) is 0.857. The van der Waals surface area contributed by atoms with Gasteiger partial charge < -0.3 is 19.5 Å². The largest absolute Gasteiger partial charge is 0.550 e.